The Balaban J connectivity index is 0.00000144. The molecule has 0 bridgehead atoms. The van der Waals surface area contributed by atoms with E-state index in [4.69, 9.17) is 5.73 Å². The van der Waals surface area contributed by atoms with Crippen LogP contribution in [0, 0.1) is 5.92 Å². The first-order valence-corrected chi connectivity index (χ1v) is 5.20. The van der Waals surface area contributed by atoms with Crippen LogP contribution in [0.3, 0.4) is 0 Å². The first kappa shape index (κ1) is 13.2. The van der Waals surface area contributed by atoms with Gasteiger partial charge in [0.25, 0.3) is 0 Å². The lowest BCUT2D eigenvalue weighted by Gasteiger charge is -2.32. The molecular weight excluding hydrogens is 184 g/mol. The van der Waals surface area contributed by atoms with E-state index in [1.807, 2.05) is 0 Å². The van der Waals surface area contributed by atoms with Crippen molar-refractivity contribution in [2.75, 3.05) is 19.6 Å². The van der Waals surface area contributed by atoms with E-state index < -0.39 is 0 Å². The molecule has 1 aliphatic rings. The summed E-state index contributed by atoms with van der Waals surface area (Å²) in [5.74, 6) is 0.860. The topological polar surface area (TPSA) is 29.3 Å². The molecule has 1 rings (SSSR count). The Morgan fingerprint density at radius 1 is 1.54 bits per heavy atom. The second kappa shape index (κ2) is 6.63. The van der Waals surface area contributed by atoms with Crippen molar-refractivity contribution in [3.8, 4) is 0 Å². The molecule has 1 fully saturated rings. The van der Waals surface area contributed by atoms with Crippen LogP contribution in [-0.2, 0) is 0 Å². The molecule has 0 aromatic heterocycles. The Labute approximate surface area is 88.3 Å². The summed E-state index contributed by atoms with van der Waals surface area (Å²) in [5, 5.41) is 0. The molecule has 1 heterocycles. The molecule has 1 saturated heterocycles. The van der Waals surface area contributed by atoms with Gasteiger partial charge in [-0.3, -0.25) is 0 Å². The van der Waals surface area contributed by atoms with Crippen LogP contribution < -0.4 is 5.73 Å². The standard InChI is InChI=1S/C10H22N2.ClH/c1-3-12-6-4-5-10(8-12)7-9(2)11;/h9-10H,3-8,11H2,1-2H3;1H. The largest absolute Gasteiger partial charge is 0.328 e. The molecule has 80 valence electrons. The zero-order valence-electron chi connectivity index (χ0n) is 8.83. The first-order chi connectivity index (χ1) is 5.72. The van der Waals surface area contributed by atoms with Gasteiger partial charge in [0.1, 0.15) is 0 Å². The number of nitrogens with two attached hydrogens (primary N) is 1. The van der Waals surface area contributed by atoms with E-state index in [1.165, 1.54) is 38.9 Å². The molecule has 1 aliphatic heterocycles. The van der Waals surface area contributed by atoms with Gasteiger partial charge in [-0.15, -0.1) is 12.4 Å². The van der Waals surface area contributed by atoms with Crippen LogP contribution in [0.15, 0.2) is 0 Å². The monoisotopic (exact) mass is 206 g/mol. The normalized spacial score (nSPS) is 26.5. The van der Waals surface area contributed by atoms with E-state index in [1.54, 1.807) is 0 Å². The molecule has 0 saturated carbocycles. The quantitative estimate of drug-likeness (QED) is 0.764. The maximum Gasteiger partial charge on any atom is 0.00135 e. The van der Waals surface area contributed by atoms with Crippen molar-refractivity contribution in [1.82, 2.24) is 4.90 Å². The molecule has 2 atom stereocenters. The van der Waals surface area contributed by atoms with Gasteiger partial charge in [0.05, 0.1) is 0 Å². The van der Waals surface area contributed by atoms with Crippen molar-refractivity contribution >= 4 is 12.4 Å². The fourth-order valence-electron chi connectivity index (χ4n) is 2.16. The van der Waals surface area contributed by atoms with E-state index in [0.717, 1.165) is 5.92 Å². The fourth-order valence-corrected chi connectivity index (χ4v) is 2.16. The van der Waals surface area contributed by atoms with Crippen LogP contribution in [0.2, 0.25) is 0 Å². The van der Waals surface area contributed by atoms with Crippen LogP contribution in [0.4, 0.5) is 0 Å². The number of likely N-dealkylation sites (tertiary alicyclic amines) is 1. The number of piperidine rings is 1. The third-order valence-electron chi connectivity index (χ3n) is 2.76. The zero-order chi connectivity index (χ0) is 8.97. The van der Waals surface area contributed by atoms with E-state index in [0.29, 0.717) is 6.04 Å². The van der Waals surface area contributed by atoms with E-state index in [2.05, 4.69) is 18.7 Å². The summed E-state index contributed by atoms with van der Waals surface area (Å²) in [6.45, 7) is 8.14. The molecule has 0 aliphatic carbocycles. The van der Waals surface area contributed by atoms with Crippen LogP contribution >= 0.6 is 12.4 Å². The minimum absolute atomic E-state index is 0. The predicted octanol–water partition coefficient (Wildman–Crippen LogP) is 1.88. The number of rotatable bonds is 3. The number of hydrogen-bond acceptors (Lipinski definition) is 2. The van der Waals surface area contributed by atoms with Crippen molar-refractivity contribution in [3.63, 3.8) is 0 Å². The SMILES string of the molecule is CCN1CCCC(CC(C)N)C1.Cl. The van der Waals surface area contributed by atoms with E-state index in [-0.39, 0.29) is 12.4 Å². The Morgan fingerprint density at radius 2 is 2.23 bits per heavy atom. The summed E-state index contributed by atoms with van der Waals surface area (Å²) in [6, 6.07) is 0.381. The lowest BCUT2D eigenvalue weighted by molar-refractivity contribution is 0.172. The summed E-state index contributed by atoms with van der Waals surface area (Å²) in [6.07, 6.45) is 3.96. The predicted molar refractivity (Wildman–Crippen MR) is 60.4 cm³/mol. The Bertz CT molecular complexity index is 128. The zero-order valence-corrected chi connectivity index (χ0v) is 9.65. The molecule has 0 radical (unpaired) electrons. The van der Waals surface area contributed by atoms with Crippen molar-refractivity contribution < 1.29 is 0 Å². The minimum atomic E-state index is 0. The highest BCUT2D eigenvalue weighted by Crippen LogP contribution is 2.19. The summed E-state index contributed by atoms with van der Waals surface area (Å²) in [4.78, 5) is 2.54. The van der Waals surface area contributed by atoms with E-state index in [9.17, 15) is 0 Å². The summed E-state index contributed by atoms with van der Waals surface area (Å²) < 4.78 is 0. The number of nitrogens with zero attached hydrogens (tertiary/aromatic N) is 1. The molecule has 0 spiro atoms. The number of hydrogen-bond donors (Lipinski definition) is 1. The number of halogens is 1. The maximum absolute atomic E-state index is 5.79. The van der Waals surface area contributed by atoms with Crippen LogP contribution in [-0.4, -0.2) is 30.6 Å². The van der Waals surface area contributed by atoms with Gasteiger partial charge in [-0.05, 0) is 45.2 Å². The average molecular weight is 207 g/mol. The van der Waals surface area contributed by atoms with Gasteiger partial charge in [-0.2, -0.15) is 0 Å². The van der Waals surface area contributed by atoms with Crippen molar-refractivity contribution in [3.05, 3.63) is 0 Å². The highest BCUT2D eigenvalue weighted by Gasteiger charge is 2.19. The maximum atomic E-state index is 5.79. The van der Waals surface area contributed by atoms with Gasteiger partial charge in [0.2, 0.25) is 0 Å². The van der Waals surface area contributed by atoms with E-state index >= 15 is 0 Å². The lowest BCUT2D eigenvalue weighted by Crippen LogP contribution is -2.37. The van der Waals surface area contributed by atoms with Gasteiger partial charge < -0.3 is 10.6 Å². The molecule has 3 heteroatoms. The van der Waals surface area contributed by atoms with Gasteiger partial charge in [0.15, 0.2) is 0 Å². The van der Waals surface area contributed by atoms with Gasteiger partial charge in [-0.1, -0.05) is 6.92 Å². The lowest BCUT2D eigenvalue weighted by atomic mass is 9.92. The molecule has 13 heavy (non-hydrogen) atoms. The van der Waals surface area contributed by atoms with Crippen LogP contribution in [0.1, 0.15) is 33.1 Å². The van der Waals surface area contributed by atoms with Crippen LogP contribution in [0.5, 0.6) is 0 Å². The van der Waals surface area contributed by atoms with Gasteiger partial charge in [-0.25, -0.2) is 0 Å². The minimum Gasteiger partial charge on any atom is -0.328 e. The summed E-state index contributed by atoms with van der Waals surface area (Å²) in [5.41, 5.74) is 5.79. The average Bonchev–Trinajstić information content (AvgIpc) is 2.03. The Hall–Kier alpha value is 0.210. The molecule has 0 amide bonds. The third-order valence-corrected chi connectivity index (χ3v) is 2.76. The second-order valence-electron chi connectivity index (χ2n) is 4.11. The molecule has 2 N–H and O–H groups in total. The van der Waals surface area contributed by atoms with Crippen molar-refractivity contribution in [2.45, 2.75) is 39.2 Å². The third kappa shape index (κ3) is 4.84. The van der Waals surface area contributed by atoms with Crippen molar-refractivity contribution in [2.24, 2.45) is 11.7 Å². The Morgan fingerprint density at radius 3 is 2.77 bits per heavy atom. The van der Waals surface area contributed by atoms with Crippen LogP contribution in [0.25, 0.3) is 0 Å². The molecule has 2 nitrogen and oxygen atoms in total. The molecular formula is C10H23ClN2. The fraction of sp³-hybridized carbons (Fsp3) is 1.00. The van der Waals surface area contributed by atoms with Gasteiger partial charge in [0, 0.05) is 12.6 Å². The molecule has 2 unspecified atom stereocenters. The molecule has 0 aromatic rings. The van der Waals surface area contributed by atoms with Crippen molar-refractivity contribution in [1.29, 1.82) is 0 Å². The molecule has 0 aromatic carbocycles. The smallest absolute Gasteiger partial charge is 0.00135 e. The van der Waals surface area contributed by atoms with Gasteiger partial charge >= 0.3 is 0 Å². The second-order valence-corrected chi connectivity index (χ2v) is 4.11. The first-order valence-electron chi connectivity index (χ1n) is 5.20. The highest BCUT2D eigenvalue weighted by atomic mass is 35.5. The Kier molecular flexibility index (Phi) is 6.74. The summed E-state index contributed by atoms with van der Waals surface area (Å²) >= 11 is 0. The highest BCUT2D eigenvalue weighted by molar-refractivity contribution is 5.85. The summed E-state index contributed by atoms with van der Waals surface area (Å²) in [7, 11) is 0.